The van der Waals surface area contributed by atoms with E-state index in [0.29, 0.717) is 35.8 Å². The van der Waals surface area contributed by atoms with E-state index >= 15 is 0 Å². The van der Waals surface area contributed by atoms with E-state index in [2.05, 4.69) is 10.3 Å². The quantitative estimate of drug-likeness (QED) is 0.643. The maximum absolute atomic E-state index is 11.8. The molecule has 6 heteroatoms. The second-order valence-electron chi connectivity index (χ2n) is 3.69. The van der Waals surface area contributed by atoms with Crippen molar-refractivity contribution in [1.82, 2.24) is 4.98 Å². The minimum atomic E-state index is -0.386. The number of carbonyl (C=O) groups is 2. The van der Waals surface area contributed by atoms with Gasteiger partial charge in [-0.3, -0.25) is 4.79 Å². The summed E-state index contributed by atoms with van der Waals surface area (Å²) in [6, 6.07) is 0. The first-order chi connectivity index (χ1) is 9.12. The lowest BCUT2D eigenvalue weighted by Crippen LogP contribution is -2.10. The van der Waals surface area contributed by atoms with Crippen LogP contribution in [0, 0.1) is 0 Å². The number of hydrogen-bond donors (Lipinski definition) is 1. The molecule has 1 rings (SSSR count). The van der Waals surface area contributed by atoms with Crippen LogP contribution < -0.4 is 5.32 Å². The molecule has 0 aliphatic rings. The fraction of sp³-hybridized carbons (Fsp3) is 0.462. The van der Waals surface area contributed by atoms with E-state index in [1.807, 2.05) is 6.92 Å². The average Bonchev–Trinajstić information content (AvgIpc) is 2.84. The van der Waals surface area contributed by atoms with Crippen LogP contribution in [0.2, 0.25) is 0 Å². The first-order valence-corrected chi connectivity index (χ1v) is 7.13. The molecule has 5 nitrogen and oxygen atoms in total. The van der Waals surface area contributed by atoms with Gasteiger partial charge in [-0.15, -0.1) is 11.3 Å². The van der Waals surface area contributed by atoms with Gasteiger partial charge in [0, 0.05) is 11.8 Å². The number of hydrogen-bond acceptors (Lipinski definition) is 5. The smallest absolute Gasteiger partial charge is 0.340 e. The summed E-state index contributed by atoms with van der Waals surface area (Å²) in [4.78, 5) is 27.3. The summed E-state index contributed by atoms with van der Waals surface area (Å²) < 4.78 is 4.99. The highest BCUT2D eigenvalue weighted by atomic mass is 32.1. The third kappa shape index (κ3) is 4.48. The van der Waals surface area contributed by atoms with Crippen molar-refractivity contribution in [2.45, 2.75) is 33.6 Å². The highest BCUT2D eigenvalue weighted by Crippen LogP contribution is 2.23. The number of nitrogens with one attached hydrogen (secondary N) is 1. The molecule has 0 saturated heterocycles. The van der Waals surface area contributed by atoms with Crippen LogP contribution in [0.5, 0.6) is 0 Å². The monoisotopic (exact) mass is 282 g/mol. The molecule has 104 valence electrons. The third-order valence-electron chi connectivity index (χ3n) is 2.25. The second-order valence-corrected chi connectivity index (χ2v) is 4.54. The molecule has 0 aromatic carbocycles. The molecule has 0 spiro atoms. The van der Waals surface area contributed by atoms with E-state index in [-0.39, 0.29) is 11.9 Å². The summed E-state index contributed by atoms with van der Waals surface area (Å²) in [5.74, 6) is -0.485. The van der Waals surface area contributed by atoms with Crippen LogP contribution in [-0.2, 0) is 14.3 Å². The number of ether oxygens (including phenoxy) is 1. The molecule has 0 bridgehead atoms. The van der Waals surface area contributed by atoms with Gasteiger partial charge < -0.3 is 10.1 Å². The Morgan fingerprint density at radius 3 is 2.74 bits per heavy atom. The lowest BCUT2D eigenvalue weighted by molar-refractivity contribution is -0.136. The number of carbonyl (C=O) groups excluding carboxylic acids is 2. The minimum absolute atomic E-state index is 0.0990. The summed E-state index contributed by atoms with van der Waals surface area (Å²) in [5, 5.41) is 4.90. The zero-order valence-corrected chi connectivity index (χ0v) is 12.2. The number of rotatable bonds is 6. The van der Waals surface area contributed by atoms with Crippen LogP contribution in [0.4, 0.5) is 5.13 Å². The summed E-state index contributed by atoms with van der Waals surface area (Å²) in [5.41, 5.74) is 0.981. The van der Waals surface area contributed by atoms with Crippen LogP contribution in [0.25, 0.3) is 5.57 Å². The van der Waals surface area contributed by atoms with Crippen LogP contribution in [0.1, 0.15) is 39.3 Å². The van der Waals surface area contributed by atoms with Crippen molar-refractivity contribution < 1.29 is 14.3 Å². The largest absolute Gasteiger partial charge is 0.462 e. The molecular weight excluding hydrogens is 264 g/mol. The van der Waals surface area contributed by atoms with Crippen LogP contribution in [0.3, 0.4) is 0 Å². The number of esters is 1. The Balaban J connectivity index is 2.90. The number of allylic oxidation sites excluding steroid dienone is 1. The predicted molar refractivity (Wildman–Crippen MR) is 75.9 cm³/mol. The van der Waals surface area contributed by atoms with Gasteiger partial charge >= 0.3 is 5.97 Å². The van der Waals surface area contributed by atoms with Gasteiger partial charge in [0.2, 0.25) is 5.91 Å². The van der Waals surface area contributed by atoms with E-state index in [9.17, 15) is 9.59 Å². The molecule has 1 aromatic heterocycles. The van der Waals surface area contributed by atoms with Gasteiger partial charge in [-0.25, -0.2) is 9.78 Å². The molecule has 0 radical (unpaired) electrons. The molecular formula is C13H18N2O3S. The van der Waals surface area contributed by atoms with Crippen molar-refractivity contribution in [3.8, 4) is 0 Å². The molecule has 19 heavy (non-hydrogen) atoms. The molecule has 0 fully saturated rings. The van der Waals surface area contributed by atoms with E-state index in [4.69, 9.17) is 4.74 Å². The first kappa shape index (κ1) is 15.4. The van der Waals surface area contributed by atoms with Gasteiger partial charge in [-0.1, -0.05) is 19.9 Å². The number of nitrogens with zero attached hydrogens (tertiary/aromatic N) is 1. The fourth-order valence-corrected chi connectivity index (χ4v) is 2.09. The highest BCUT2D eigenvalue weighted by molar-refractivity contribution is 7.14. The van der Waals surface area contributed by atoms with Crippen LogP contribution >= 0.6 is 11.3 Å². The summed E-state index contributed by atoms with van der Waals surface area (Å²) in [7, 11) is 0. The molecule has 0 atom stereocenters. The number of anilines is 1. The van der Waals surface area contributed by atoms with Crippen molar-refractivity contribution in [3.05, 3.63) is 17.2 Å². The van der Waals surface area contributed by atoms with Crippen molar-refractivity contribution in [2.24, 2.45) is 0 Å². The topological polar surface area (TPSA) is 68.3 Å². The molecule has 0 aliphatic heterocycles. The van der Waals surface area contributed by atoms with Crippen LogP contribution in [0.15, 0.2) is 11.5 Å². The van der Waals surface area contributed by atoms with Gasteiger partial charge in [0.05, 0.1) is 17.9 Å². The SMILES string of the molecule is CC/C=C(\C(=O)OCC)c1csc(NC(=O)CC)n1. The molecule has 0 saturated carbocycles. The molecule has 1 amide bonds. The molecule has 0 aliphatic carbocycles. The lowest BCUT2D eigenvalue weighted by Gasteiger charge is -2.03. The van der Waals surface area contributed by atoms with Crippen LogP contribution in [-0.4, -0.2) is 23.5 Å². The maximum Gasteiger partial charge on any atom is 0.340 e. The fourth-order valence-electron chi connectivity index (χ4n) is 1.37. The van der Waals surface area contributed by atoms with E-state index in [1.54, 1.807) is 25.3 Å². The van der Waals surface area contributed by atoms with Gasteiger partial charge in [0.15, 0.2) is 5.13 Å². The second kappa shape index (κ2) is 7.68. The summed E-state index contributed by atoms with van der Waals surface area (Å²) in [6.45, 7) is 5.79. The lowest BCUT2D eigenvalue weighted by atomic mass is 10.2. The van der Waals surface area contributed by atoms with Gasteiger partial charge in [0.25, 0.3) is 0 Å². The van der Waals surface area contributed by atoms with Crippen molar-refractivity contribution in [2.75, 3.05) is 11.9 Å². The van der Waals surface area contributed by atoms with Gasteiger partial charge in [-0.05, 0) is 13.3 Å². The highest BCUT2D eigenvalue weighted by Gasteiger charge is 2.16. The summed E-state index contributed by atoms with van der Waals surface area (Å²) >= 11 is 1.29. The van der Waals surface area contributed by atoms with Gasteiger partial charge in [0.1, 0.15) is 0 Å². The normalized spacial score (nSPS) is 11.2. The Morgan fingerprint density at radius 2 is 2.16 bits per heavy atom. The Bertz CT molecular complexity index is 480. The Kier molecular flexibility index (Phi) is 6.21. The van der Waals surface area contributed by atoms with E-state index < -0.39 is 0 Å². The number of aromatic nitrogens is 1. The number of amides is 1. The molecule has 1 aromatic rings. The third-order valence-corrected chi connectivity index (χ3v) is 3.01. The average molecular weight is 282 g/mol. The first-order valence-electron chi connectivity index (χ1n) is 6.25. The number of thiazole rings is 1. The summed E-state index contributed by atoms with van der Waals surface area (Å²) in [6.07, 6.45) is 2.88. The maximum atomic E-state index is 11.8. The Hall–Kier alpha value is -1.69. The zero-order valence-electron chi connectivity index (χ0n) is 11.4. The molecule has 0 unspecified atom stereocenters. The standard InChI is InChI=1S/C13H18N2O3S/c1-4-7-9(12(17)18-6-3)10-8-19-13(14-10)15-11(16)5-2/h7-8H,4-6H2,1-3H3,(H,14,15,16)/b9-7-. The molecule has 1 heterocycles. The Labute approximate surface area is 116 Å². The van der Waals surface area contributed by atoms with Crippen molar-refractivity contribution in [3.63, 3.8) is 0 Å². The van der Waals surface area contributed by atoms with E-state index in [0.717, 1.165) is 0 Å². The minimum Gasteiger partial charge on any atom is -0.462 e. The Morgan fingerprint density at radius 1 is 1.42 bits per heavy atom. The van der Waals surface area contributed by atoms with Crippen molar-refractivity contribution >= 4 is 33.9 Å². The molecule has 1 N–H and O–H groups in total. The van der Waals surface area contributed by atoms with E-state index in [1.165, 1.54) is 11.3 Å². The zero-order chi connectivity index (χ0) is 14.3. The van der Waals surface area contributed by atoms with Gasteiger partial charge in [-0.2, -0.15) is 0 Å². The van der Waals surface area contributed by atoms with Crippen molar-refractivity contribution in [1.29, 1.82) is 0 Å². The predicted octanol–water partition coefficient (Wildman–Crippen LogP) is 2.85.